The van der Waals surface area contributed by atoms with Crippen molar-refractivity contribution in [2.45, 2.75) is 32.2 Å². The van der Waals surface area contributed by atoms with Gasteiger partial charge in [-0.05, 0) is 44.8 Å². The molecule has 4 heteroatoms. The van der Waals surface area contributed by atoms with E-state index in [2.05, 4.69) is 47.5 Å². The van der Waals surface area contributed by atoms with E-state index in [1.54, 1.807) is 4.90 Å². The number of hydrogen-bond acceptors (Lipinski definition) is 3. The summed E-state index contributed by atoms with van der Waals surface area (Å²) < 4.78 is 0. The van der Waals surface area contributed by atoms with Crippen molar-refractivity contribution in [3.63, 3.8) is 0 Å². The first-order chi connectivity index (χ1) is 11.6. The number of nitrogens with one attached hydrogen (secondary N) is 1. The van der Waals surface area contributed by atoms with Crippen molar-refractivity contribution in [3.05, 3.63) is 41.5 Å². The van der Waals surface area contributed by atoms with Crippen LogP contribution in [0.5, 0.6) is 0 Å². The van der Waals surface area contributed by atoms with Gasteiger partial charge < -0.3 is 10.2 Å². The van der Waals surface area contributed by atoms with Gasteiger partial charge in [-0.15, -0.1) is 0 Å². The lowest BCUT2D eigenvalue weighted by molar-refractivity contribution is -0.133. The lowest BCUT2D eigenvalue weighted by Gasteiger charge is -2.26. The second-order valence-electron chi connectivity index (χ2n) is 6.86. The second kappa shape index (κ2) is 9.60. The molecule has 2 rings (SSSR count). The van der Waals surface area contributed by atoms with Crippen molar-refractivity contribution >= 4 is 12.0 Å². The minimum Gasteiger partial charge on any atom is -0.347 e. The standard InChI is InChI=1S/C20H31N3O/c1-17(15-18-9-5-4-6-10-18)16-21-12-8-14-23-13-7-11-19(23)20(24)22(2)3/h4-6,9-10,15,19,21H,7-8,11-14,16H2,1-3H3. The highest BCUT2D eigenvalue weighted by Crippen LogP contribution is 2.18. The molecular weight excluding hydrogens is 298 g/mol. The molecule has 0 bridgehead atoms. The predicted octanol–water partition coefficient (Wildman–Crippen LogP) is 2.62. The van der Waals surface area contributed by atoms with Crippen LogP contribution in [-0.4, -0.2) is 62.0 Å². The van der Waals surface area contributed by atoms with Gasteiger partial charge in [-0.3, -0.25) is 9.69 Å². The molecule has 0 spiro atoms. The molecule has 1 heterocycles. The van der Waals surface area contributed by atoms with Crippen molar-refractivity contribution in [2.75, 3.05) is 40.3 Å². The maximum atomic E-state index is 12.2. The van der Waals surface area contributed by atoms with E-state index >= 15 is 0 Å². The Morgan fingerprint density at radius 1 is 1.33 bits per heavy atom. The Hall–Kier alpha value is -1.65. The first-order valence-electron chi connectivity index (χ1n) is 8.96. The fraction of sp³-hybridized carbons (Fsp3) is 0.550. The van der Waals surface area contributed by atoms with Gasteiger partial charge in [0, 0.05) is 27.2 Å². The summed E-state index contributed by atoms with van der Waals surface area (Å²) in [5, 5.41) is 3.51. The Balaban J connectivity index is 1.66. The van der Waals surface area contributed by atoms with E-state index in [9.17, 15) is 4.79 Å². The Bertz CT molecular complexity index is 539. The minimum atomic E-state index is 0.0970. The average molecular weight is 329 g/mol. The van der Waals surface area contributed by atoms with Gasteiger partial charge in [0.1, 0.15) is 0 Å². The SMILES string of the molecule is CC(=Cc1ccccc1)CNCCCN1CCCC1C(=O)N(C)C. The molecule has 1 amide bonds. The molecule has 1 saturated heterocycles. The monoisotopic (exact) mass is 329 g/mol. The Morgan fingerprint density at radius 3 is 2.79 bits per heavy atom. The largest absolute Gasteiger partial charge is 0.347 e. The smallest absolute Gasteiger partial charge is 0.239 e. The molecule has 4 nitrogen and oxygen atoms in total. The second-order valence-corrected chi connectivity index (χ2v) is 6.86. The number of rotatable bonds is 8. The molecule has 132 valence electrons. The van der Waals surface area contributed by atoms with Crippen molar-refractivity contribution in [3.8, 4) is 0 Å². The highest BCUT2D eigenvalue weighted by atomic mass is 16.2. The quantitative estimate of drug-likeness (QED) is 0.745. The van der Waals surface area contributed by atoms with Crippen molar-refractivity contribution in [1.29, 1.82) is 0 Å². The maximum absolute atomic E-state index is 12.2. The molecule has 1 aromatic rings. The molecule has 24 heavy (non-hydrogen) atoms. The summed E-state index contributed by atoms with van der Waals surface area (Å²) in [7, 11) is 3.70. The zero-order valence-electron chi connectivity index (χ0n) is 15.3. The molecule has 1 atom stereocenters. The van der Waals surface area contributed by atoms with Crippen LogP contribution in [0.25, 0.3) is 6.08 Å². The van der Waals surface area contributed by atoms with E-state index in [-0.39, 0.29) is 11.9 Å². The van der Waals surface area contributed by atoms with Gasteiger partial charge in [0.05, 0.1) is 6.04 Å². The lowest BCUT2D eigenvalue weighted by atomic mass is 10.1. The van der Waals surface area contributed by atoms with Crippen LogP contribution in [0.4, 0.5) is 0 Å². The van der Waals surface area contributed by atoms with Crippen molar-refractivity contribution < 1.29 is 4.79 Å². The van der Waals surface area contributed by atoms with Gasteiger partial charge in [0.25, 0.3) is 0 Å². The summed E-state index contributed by atoms with van der Waals surface area (Å²) in [5.74, 6) is 0.252. The number of likely N-dealkylation sites (N-methyl/N-ethyl adjacent to an activating group) is 1. The van der Waals surface area contributed by atoms with Crippen LogP contribution < -0.4 is 5.32 Å². The summed E-state index contributed by atoms with van der Waals surface area (Å²) in [6, 6.07) is 10.5. The number of amides is 1. The van der Waals surface area contributed by atoms with Crippen molar-refractivity contribution in [2.24, 2.45) is 0 Å². The number of hydrogen-bond donors (Lipinski definition) is 1. The molecule has 1 fully saturated rings. The molecule has 1 aliphatic rings. The third-order valence-electron chi connectivity index (χ3n) is 4.50. The summed E-state index contributed by atoms with van der Waals surface area (Å²) in [6.45, 7) is 6.11. The number of benzene rings is 1. The van der Waals surface area contributed by atoms with E-state index in [1.165, 1.54) is 11.1 Å². The van der Waals surface area contributed by atoms with Crippen molar-refractivity contribution in [1.82, 2.24) is 15.1 Å². The van der Waals surface area contributed by atoms with Crippen LogP contribution in [-0.2, 0) is 4.79 Å². The third kappa shape index (κ3) is 5.77. The van der Waals surface area contributed by atoms with Gasteiger partial charge >= 0.3 is 0 Å². The first-order valence-corrected chi connectivity index (χ1v) is 8.96. The number of likely N-dealkylation sites (tertiary alicyclic amines) is 1. The third-order valence-corrected chi connectivity index (χ3v) is 4.50. The number of carbonyl (C=O) groups is 1. The minimum absolute atomic E-state index is 0.0970. The molecule has 1 aliphatic heterocycles. The maximum Gasteiger partial charge on any atom is 0.239 e. The Morgan fingerprint density at radius 2 is 2.08 bits per heavy atom. The van der Waals surface area contributed by atoms with Gasteiger partial charge in [-0.1, -0.05) is 42.0 Å². The van der Waals surface area contributed by atoms with Gasteiger partial charge in [-0.25, -0.2) is 0 Å². The average Bonchev–Trinajstić information content (AvgIpc) is 3.03. The zero-order valence-corrected chi connectivity index (χ0v) is 15.3. The van der Waals surface area contributed by atoms with Crippen LogP contribution in [0, 0.1) is 0 Å². The summed E-state index contributed by atoms with van der Waals surface area (Å²) >= 11 is 0. The van der Waals surface area contributed by atoms with E-state index in [1.807, 2.05) is 20.2 Å². The van der Waals surface area contributed by atoms with E-state index in [0.717, 1.165) is 45.4 Å². The molecule has 0 saturated carbocycles. The molecule has 0 aliphatic carbocycles. The number of carbonyl (C=O) groups excluding carboxylic acids is 1. The van der Waals surface area contributed by atoms with Crippen LogP contribution in [0.2, 0.25) is 0 Å². The first kappa shape index (κ1) is 18.7. The topological polar surface area (TPSA) is 35.6 Å². The van der Waals surface area contributed by atoms with Gasteiger partial charge in [-0.2, -0.15) is 0 Å². The van der Waals surface area contributed by atoms with Crippen LogP contribution >= 0.6 is 0 Å². The van der Waals surface area contributed by atoms with Gasteiger partial charge in [0.15, 0.2) is 0 Å². The highest BCUT2D eigenvalue weighted by molar-refractivity contribution is 5.81. The van der Waals surface area contributed by atoms with Crippen LogP contribution in [0.15, 0.2) is 35.9 Å². The molecule has 1 aromatic carbocycles. The Kier molecular flexibility index (Phi) is 7.47. The van der Waals surface area contributed by atoms with E-state index in [4.69, 9.17) is 0 Å². The number of nitrogens with zero attached hydrogens (tertiary/aromatic N) is 2. The molecule has 1 N–H and O–H groups in total. The predicted molar refractivity (Wildman–Crippen MR) is 101 cm³/mol. The Labute approximate surface area is 146 Å². The molecule has 1 unspecified atom stereocenters. The molecular formula is C20H31N3O. The summed E-state index contributed by atoms with van der Waals surface area (Å²) in [5.41, 5.74) is 2.59. The van der Waals surface area contributed by atoms with E-state index < -0.39 is 0 Å². The fourth-order valence-electron chi connectivity index (χ4n) is 3.25. The normalized spacial score (nSPS) is 18.8. The summed E-state index contributed by atoms with van der Waals surface area (Å²) in [4.78, 5) is 16.2. The molecule has 0 radical (unpaired) electrons. The van der Waals surface area contributed by atoms with Crippen LogP contribution in [0.1, 0.15) is 31.7 Å². The molecule has 0 aromatic heterocycles. The lowest BCUT2D eigenvalue weighted by Crippen LogP contribution is -2.43. The zero-order chi connectivity index (χ0) is 17.4. The van der Waals surface area contributed by atoms with Crippen LogP contribution in [0.3, 0.4) is 0 Å². The highest BCUT2D eigenvalue weighted by Gasteiger charge is 2.30. The van der Waals surface area contributed by atoms with E-state index in [0.29, 0.717) is 0 Å². The summed E-state index contributed by atoms with van der Waals surface area (Å²) in [6.07, 6.45) is 5.44. The van der Waals surface area contributed by atoms with Gasteiger partial charge in [0.2, 0.25) is 5.91 Å². The fourth-order valence-corrected chi connectivity index (χ4v) is 3.25.